The number of halogens is 1. The number of hydrogen-bond acceptors (Lipinski definition) is 6. The maximum absolute atomic E-state index is 14.1. The second-order valence-corrected chi connectivity index (χ2v) is 8.43. The highest BCUT2D eigenvalue weighted by molar-refractivity contribution is 7.22. The number of hydrogen-bond donors (Lipinski definition) is 0. The van der Waals surface area contributed by atoms with Gasteiger partial charge in [0.05, 0.1) is 15.4 Å². The summed E-state index contributed by atoms with van der Waals surface area (Å²) in [4.78, 5) is 26.6. The standard InChI is InChI=1S/C19H23FN4OS2/c1-5-23(6-2)10-11-24(18(25)17-12(3)21-13(4)26-17)19-22-16-14(20)8-7-9-15(16)27-19/h7-9H,5-6,10-11H2,1-4H3. The van der Waals surface area contributed by atoms with Crippen LogP contribution in [0.4, 0.5) is 9.52 Å². The van der Waals surface area contributed by atoms with Gasteiger partial charge in [0.2, 0.25) is 0 Å². The van der Waals surface area contributed by atoms with Crippen LogP contribution < -0.4 is 4.90 Å². The van der Waals surface area contributed by atoms with Gasteiger partial charge in [-0.3, -0.25) is 9.69 Å². The number of likely N-dealkylation sites (N-methyl/N-ethyl adjacent to an activating group) is 1. The molecule has 27 heavy (non-hydrogen) atoms. The molecule has 0 aliphatic heterocycles. The molecule has 0 saturated carbocycles. The Bertz CT molecular complexity index is 948. The summed E-state index contributed by atoms with van der Waals surface area (Å²) >= 11 is 2.73. The quantitative estimate of drug-likeness (QED) is 0.580. The van der Waals surface area contributed by atoms with Crippen LogP contribution in [0, 0.1) is 19.7 Å². The molecule has 0 radical (unpaired) electrons. The van der Waals surface area contributed by atoms with Crippen molar-refractivity contribution in [1.82, 2.24) is 14.9 Å². The van der Waals surface area contributed by atoms with Crippen molar-refractivity contribution in [2.75, 3.05) is 31.1 Å². The number of aromatic nitrogens is 2. The minimum Gasteiger partial charge on any atom is -0.302 e. The van der Waals surface area contributed by atoms with E-state index in [1.54, 1.807) is 11.0 Å². The number of para-hydroxylation sites is 1. The SMILES string of the molecule is CCN(CC)CCN(C(=O)c1sc(C)nc1C)c1nc2c(F)cccc2s1. The number of nitrogens with zero attached hydrogens (tertiary/aromatic N) is 4. The maximum atomic E-state index is 14.1. The van der Waals surface area contributed by atoms with Crippen LogP contribution in [0.3, 0.4) is 0 Å². The second kappa shape index (κ2) is 8.41. The van der Waals surface area contributed by atoms with E-state index in [0.29, 0.717) is 22.1 Å². The molecule has 0 aliphatic carbocycles. The number of carbonyl (C=O) groups excluding carboxylic acids is 1. The molecule has 0 fully saturated rings. The number of thiazole rings is 2. The van der Waals surface area contributed by atoms with Crippen molar-refractivity contribution in [3.63, 3.8) is 0 Å². The first-order valence-corrected chi connectivity index (χ1v) is 10.6. The Morgan fingerprint density at radius 3 is 2.44 bits per heavy atom. The van der Waals surface area contributed by atoms with Gasteiger partial charge in [0, 0.05) is 13.1 Å². The van der Waals surface area contributed by atoms with E-state index in [1.807, 2.05) is 19.9 Å². The normalized spacial score (nSPS) is 11.5. The van der Waals surface area contributed by atoms with Gasteiger partial charge >= 0.3 is 0 Å². The lowest BCUT2D eigenvalue weighted by Gasteiger charge is -2.24. The number of carbonyl (C=O) groups is 1. The predicted octanol–water partition coefficient (Wildman–Crippen LogP) is 4.50. The van der Waals surface area contributed by atoms with Crippen LogP contribution in [0.25, 0.3) is 10.2 Å². The van der Waals surface area contributed by atoms with Crippen molar-refractivity contribution in [3.8, 4) is 0 Å². The average Bonchev–Trinajstić information content (AvgIpc) is 3.22. The highest BCUT2D eigenvalue weighted by Gasteiger charge is 2.25. The molecular weight excluding hydrogens is 383 g/mol. The first kappa shape index (κ1) is 19.9. The minimum atomic E-state index is -0.365. The number of rotatable bonds is 7. The van der Waals surface area contributed by atoms with Gasteiger partial charge in [-0.2, -0.15) is 0 Å². The highest BCUT2D eigenvalue weighted by atomic mass is 32.1. The van der Waals surface area contributed by atoms with Gasteiger partial charge < -0.3 is 4.90 Å². The number of anilines is 1. The van der Waals surface area contributed by atoms with Crippen LogP contribution in [-0.4, -0.2) is 47.0 Å². The summed E-state index contributed by atoms with van der Waals surface area (Å²) in [6.07, 6.45) is 0. The molecule has 0 bridgehead atoms. The topological polar surface area (TPSA) is 49.3 Å². The molecule has 0 aliphatic rings. The first-order chi connectivity index (χ1) is 12.9. The van der Waals surface area contributed by atoms with Gasteiger partial charge in [-0.15, -0.1) is 11.3 Å². The molecule has 0 N–H and O–H groups in total. The Balaban J connectivity index is 1.99. The summed E-state index contributed by atoms with van der Waals surface area (Å²) < 4.78 is 14.8. The second-order valence-electron chi connectivity index (χ2n) is 6.21. The largest absolute Gasteiger partial charge is 0.302 e. The molecule has 1 amide bonds. The van der Waals surface area contributed by atoms with Crippen molar-refractivity contribution >= 4 is 43.9 Å². The van der Waals surface area contributed by atoms with Crippen molar-refractivity contribution < 1.29 is 9.18 Å². The first-order valence-electron chi connectivity index (χ1n) is 8.97. The number of fused-ring (bicyclic) bond motifs is 1. The predicted molar refractivity (Wildman–Crippen MR) is 111 cm³/mol. The Hall–Kier alpha value is -1.90. The molecule has 0 atom stereocenters. The number of benzene rings is 1. The third-order valence-corrected chi connectivity index (χ3v) is 6.57. The molecule has 0 unspecified atom stereocenters. The van der Waals surface area contributed by atoms with E-state index in [0.717, 1.165) is 35.0 Å². The number of aryl methyl sites for hydroxylation is 2. The van der Waals surface area contributed by atoms with E-state index >= 15 is 0 Å². The zero-order valence-corrected chi connectivity index (χ0v) is 17.6. The molecule has 2 heterocycles. The molecule has 0 saturated heterocycles. The molecule has 0 spiro atoms. The van der Waals surface area contributed by atoms with E-state index < -0.39 is 0 Å². The Labute approximate surface area is 166 Å². The molecule has 2 aromatic heterocycles. The Morgan fingerprint density at radius 2 is 1.85 bits per heavy atom. The lowest BCUT2D eigenvalue weighted by Crippen LogP contribution is -2.38. The van der Waals surface area contributed by atoms with Crippen molar-refractivity contribution in [2.45, 2.75) is 27.7 Å². The third-order valence-electron chi connectivity index (χ3n) is 4.47. The molecular formula is C19H23FN4OS2. The van der Waals surface area contributed by atoms with Crippen LogP contribution in [0.15, 0.2) is 18.2 Å². The zero-order chi connectivity index (χ0) is 19.6. The summed E-state index contributed by atoms with van der Waals surface area (Å²) in [6, 6.07) is 4.89. The fourth-order valence-corrected chi connectivity index (χ4v) is 4.81. The molecule has 144 valence electrons. The van der Waals surface area contributed by atoms with Gasteiger partial charge in [0.1, 0.15) is 16.2 Å². The maximum Gasteiger partial charge on any atom is 0.272 e. The van der Waals surface area contributed by atoms with Crippen LogP contribution >= 0.6 is 22.7 Å². The molecule has 1 aromatic carbocycles. The summed E-state index contributed by atoms with van der Waals surface area (Å²) in [5, 5.41) is 1.38. The lowest BCUT2D eigenvalue weighted by molar-refractivity contribution is 0.0987. The van der Waals surface area contributed by atoms with E-state index in [4.69, 9.17) is 0 Å². The summed E-state index contributed by atoms with van der Waals surface area (Å²) in [5.41, 5.74) is 1.04. The minimum absolute atomic E-state index is 0.121. The zero-order valence-electron chi connectivity index (χ0n) is 16.0. The van der Waals surface area contributed by atoms with Gasteiger partial charge in [-0.1, -0.05) is 31.3 Å². The van der Waals surface area contributed by atoms with Gasteiger partial charge in [-0.25, -0.2) is 14.4 Å². The van der Waals surface area contributed by atoms with Crippen LogP contribution in [-0.2, 0) is 0 Å². The number of amides is 1. The van der Waals surface area contributed by atoms with Crippen molar-refractivity contribution in [1.29, 1.82) is 0 Å². The van der Waals surface area contributed by atoms with E-state index in [1.165, 1.54) is 28.7 Å². The van der Waals surface area contributed by atoms with Crippen LogP contribution in [0.5, 0.6) is 0 Å². The van der Waals surface area contributed by atoms with Gasteiger partial charge in [0.25, 0.3) is 5.91 Å². The van der Waals surface area contributed by atoms with E-state index in [-0.39, 0.29) is 11.7 Å². The summed E-state index contributed by atoms with van der Waals surface area (Å²) in [7, 11) is 0. The Morgan fingerprint density at radius 1 is 1.11 bits per heavy atom. The van der Waals surface area contributed by atoms with Crippen LogP contribution in [0.1, 0.15) is 34.2 Å². The highest BCUT2D eigenvalue weighted by Crippen LogP contribution is 2.32. The fraction of sp³-hybridized carbons (Fsp3) is 0.421. The van der Waals surface area contributed by atoms with E-state index in [2.05, 4.69) is 28.7 Å². The molecule has 3 aromatic rings. The van der Waals surface area contributed by atoms with Crippen molar-refractivity contribution in [2.24, 2.45) is 0 Å². The molecule has 3 rings (SSSR count). The summed E-state index contributed by atoms with van der Waals surface area (Å²) in [6.45, 7) is 11.0. The molecule has 8 heteroatoms. The average molecular weight is 407 g/mol. The third kappa shape index (κ3) is 4.17. The Kier molecular flexibility index (Phi) is 6.18. The van der Waals surface area contributed by atoms with Crippen LogP contribution in [0.2, 0.25) is 0 Å². The van der Waals surface area contributed by atoms with Gasteiger partial charge in [-0.05, 0) is 39.1 Å². The van der Waals surface area contributed by atoms with Gasteiger partial charge in [0.15, 0.2) is 5.13 Å². The van der Waals surface area contributed by atoms with Crippen molar-refractivity contribution in [3.05, 3.63) is 39.6 Å². The van der Waals surface area contributed by atoms with E-state index in [9.17, 15) is 9.18 Å². The summed E-state index contributed by atoms with van der Waals surface area (Å²) in [5.74, 6) is -0.485. The lowest BCUT2D eigenvalue weighted by atomic mass is 10.3. The monoisotopic (exact) mass is 406 g/mol. The fourth-order valence-electron chi connectivity index (χ4n) is 2.94. The smallest absolute Gasteiger partial charge is 0.272 e. The molecule has 5 nitrogen and oxygen atoms in total.